The van der Waals surface area contributed by atoms with Crippen molar-refractivity contribution in [2.75, 3.05) is 0 Å². The Morgan fingerprint density at radius 1 is 1.40 bits per heavy atom. The van der Waals surface area contributed by atoms with Crippen LogP contribution in [-0.4, -0.2) is 0 Å². The minimum Gasteiger partial charge on any atom is -0.408 e. The maximum absolute atomic E-state index is 4.97. The van der Waals surface area contributed by atoms with E-state index in [-0.39, 0.29) is 0 Å². The van der Waals surface area contributed by atoms with E-state index in [2.05, 4.69) is 18.1 Å². The van der Waals surface area contributed by atoms with Crippen molar-refractivity contribution in [3.63, 3.8) is 0 Å². The third-order valence-electron chi connectivity index (χ3n) is 0.959. The average Bonchev–Trinajstić information content (AvgIpc) is 2.03. The molecule has 1 aromatic rings. The van der Waals surface area contributed by atoms with Gasteiger partial charge in [-0.2, -0.15) is 0 Å². The maximum Gasteiger partial charge on any atom is 0.140 e. The third-order valence-corrected chi connectivity index (χ3v) is 0.959. The van der Waals surface area contributed by atoms with E-state index in [1.165, 1.54) is 0 Å². The van der Waals surface area contributed by atoms with E-state index >= 15 is 0 Å². The van der Waals surface area contributed by atoms with Crippen LogP contribution in [0.15, 0.2) is 24.3 Å². The Morgan fingerprint density at radius 2 is 2.10 bits per heavy atom. The molecule has 1 radical (unpaired) electrons. The van der Waals surface area contributed by atoms with Crippen molar-refractivity contribution in [3.8, 4) is 17.8 Å². The second-order valence-corrected chi connectivity index (χ2v) is 1.69. The highest BCUT2D eigenvalue weighted by molar-refractivity contribution is 5.22. The Kier molecular flexibility index (Phi) is 2.39. The molecule has 0 aromatic heterocycles. The van der Waals surface area contributed by atoms with Crippen molar-refractivity contribution < 1.29 is 4.74 Å². The third kappa shape index (κ3) is 1.83. The van der Waals surface area contributed by atoms with E-state index in [1.54, 1.807) is 19.1 Å². The van der Waals surface area contributed by atoms with Crippen LogP contribution in [0.1, 0.15) is 6.92 Å². The molecular weight excluding hydrogens is 124 g/mol. The lowest BCUT2D eigenvalue weighted by Gasteiger charge is -1.92. The highest BCUT2D eigenvalue weighted by Gasteiger charge is 1.84. The molecule has 0 aliphatic heterocycles. The summed E-state index contributed by atoms with van der Waals surface area (Å²) in [5, 5.41) is 0. The predicted molar refractivity (Wildman–Crippen MR) is 39.4 cm³/mol. The van der Waals surface area contributed by atoms with Crippen LogP contribution in [0.4, 0.5) is 0 Å². The molecule has 0 aliphatic rings. The molecular formula is C9H7O. The number of ether oxygens (including phenoxy) is 1. The lowest BCUT2D eigenvalue weighted by atomic mass is 10.3. The number of benzene rings is 1. The zero-order chi connectivity index (χ0) is 7.23. The van der Waals surface area contributed by atoms with Gasteiger partial charge in [0.2, 0.25) is 0 Å². The van der Waals surface area contributed by atoms with Crippen molar-refractivity contribution in [1.29, 1.82) is 0 Å². The van der Waals surface area contributed by atoms with Crippen LogP contribution in [0.5, 0.6) is 5.75 Å². The van der Waals surface area contributed by atoms with Crippen LogP contribution in [0.2, 0.25) is 0 Å². The molecule has 0 unspecified atom stereocenters. The fourth-order valence-electron chi connectivity index (χ4n) is 0.550. The summed E-state index contributed by atoms with van der Waals surface area (Å²) in [6, 6.07) is 10.1. The molecule has 0 spiro atoms. The Hall–Kier alpha value is -1.42. The van der Waals surface area contributed by atoms with Crippen LogP contribution in [-0.2, 0) is 0 Å². The second kappa shape index (κ2) is 3.58. The highest BCUT2D eigenvalue weighted by Crippen LogP contribution is 2.06. The lowest BCUT2D eigenvalue weighted by molar-refractivity contribution is 0.519. The van der Waals surface area contributed by atoms with Gasteiger partial charge >= 0.3 is 0 Å². The second-order valence-electron chi connectivity index (χ2n) is 1.69. The zero-order valence-electron chi connectivity index (χ0n) is 5.72. The Labute approximate surface area is 60.6 Å². The van der Waals surface area contributed by atoms with Gasteiger partial charge < -0.3 is 4.74 Å². The van der Waals surface area contributed by atoms with Crippen LogP contribution >= 0.6 is 0 Å². The first-order valence-electron chi connectivity index (χ1n) is 2.98. The quantitative estimate of drug-likeness (QED) is 0.528. The molecule has 1 aromatic carbocycles. The molecule has 0 saturated heterocycles. The van der Waals surface area contributed by atoms with Gasteiger partial charge in [0.15, 0.2) is 0 Å². The van der Waals surface area contributed by atoms with Crippen LogP contribution in [0.25, 0.3) is 0 Å². The van der Waals surface area contributed by atoms with Crippen molar-refractivity contribution in [3.05, 3.63) is 30.3 Å². The van der Waals surface area contributed by atoms with E-state index in [0.29, 0.717) is 0 Å². The Morgan fingerprint density at radius 3 is 2.70 bits per heavy atom. The fraction of sp³-hybridized carbons (Fsp3) is 0.111. The smallest absolute Gasteiger partial charge is 0.140 e. The van der Waals surface area contributed by atoms with Crippen LogP contribution in [0.3, 0.4) is 0 Å². The zero-order valence-corrected chi connectivity index (χ0v) is 5.72. The van der Waals surface area contributed by atoms with Crippen molar-refractivity contribution >= 4 is 0 Å². The molecule has 49 valence electrons. The lowest BCUT2D eigenvalue weighted by Crippen LogP contribution is -1.79. The molecule has 0 heterocycles. The van der Waals surface area contributed by atoms with E-state index < -0.39 is 0 Å². The molecule has 0 saturated carbocycles. The first kappa shape index (κ1) is 6.70. The summed E-state index contributed by atoms with van der Waals surface area (Å²) >= 11 is 0. The average molecular weight is 131 g/mol. The summed E-state index contributed by atoms with van der Waals surface area (Å²) in [4.78, 5) is 0. The van der Waals surface area contributed by atoms with Crippen LogP contribution < -0.4 is 4.74 Å². The minimum atomic E-state index is 0.758. The topological polar surface area (TPSA) is 9.23 Å². The van der Waals surface area contributed by atoms with Gasteiger partial charge in [-0.3, -0.25) is 0 Å². The number of hydrogen-bond acceptors (Lipinski definition) is 1. The van der Waals surface area contributed by atoms with Crippen molar-refractivity contribution in [2.45, 2.75) is 6.92 Å². The molecule has 0 bridgehead atoms. The normalized spacial score (nSPS) is 7.70. The number of rotatable bonds is 1. The van der Waals surface area contributed by atoms with Gasteiger partial charge in [0.25, 0.3) is 0 Å². The van der Waals surface area contributed by atoms with E-state index in [9.17, 15) is 0 Å². The SMILES string of the molecule is CC#COc1cc[c]cc1. The molecule has 10 heavy (non-hydrogen) atoms. The van der Waals surface area contributed by atoms with Crippen molar-refractivity contribution in [2.24, 2.45) is 0 Å². The van der Waals surface area contributed by atoms with Gasteiger partial charge in [0.05, 0.1) is 0 Å². The molecule has 1 heteroatoms. The van der Waals surface area contributed by atoms with E-state index in [1.807, 2.05) is 12.1 Å². The molecule has 0 N–H and O–H groups in total. The maximum atomic E-state index is 4.97. The first-order chi connectivity index (χ1) is 4.93. The summed E-state index contributed by atoms with van der Waals surface area (Å²) < 4.78 is 4.97. The standard InChI is InChI=1S/C9H7O/c1-2-8-10-9-6-4-3-5-7-9/h4-7H,1H3. The summed E-state index contributed by atoms with van der Waals surface area (Å²) in [5.41, 5.74) is 0. The Bertz CT molecular complexity index is 240. The molecule has 0 amide bonds. The van der Waals surface area contributed by atoms with Crippen molar-refractivity contribution in [1.82, 2.24) is 0 Å². The fourth-order valence-corrected chi connectivity index (χ4v) is 0.550. The monoisotopic (exact) mass is 131 g/mol. The highest BCUT2D eigenvalue weighted by atomic mass is 16.5. The van der Waals surface area contributed by atoms with Crippen LogP contribution in [0, 0.1) is 18.1 Å². The minimum absolute atomic E-state index is 0.758. The van der Waals surface area contributed by atoms with Gasteiger partial charge in [-0.15, -0.1) is 0 Å². The molecule has 0 fully saturated rings. The Balaban J connectivity index is 2.64. The predicted octanol–water partition coefficient (Wildman–Crippen LogP) is 1.85. The molecule has 0 atom stereocenters. The van der Waals surface area contributed by atoms with E-state index in [0.717, 1.165) is 5.75 Å². The van der Waals surface area contributed by atoms with Gasteiger partial charge in [0.1, 0.15) is 11.9 Å². The van der Waals surface area contributed by atoms with E-state index in [4.69, 9.17) is 4.74 Å². The first-order valence-corrected chi connectivity index (χ1v) is 2.98. The van der Waals surface area contributed by atoms with Gasteiger partial charge in [-0.05, 0) is 18.2 Å². The molecule has 0 aliphatic carbocycles. The number of hydrogen-bond donors (Lipinski definition) is 0. The summed E-state index contributed by atoms with van der Waals surface area (Å²) in [6.07, 6.45) is 2.50. The largest absolute Gasteiger partial charge is 0.408 e. The molecule has 1 rings (SSSR count). The van der Waals surface area contributed by atoms with Gasteiger partial charge in [0, 0.05) is 6.92 Å². The summed E-state index contributed by atoms with van der Waals surface area (Å²) in [5.74, 6) is 3.39. The summed E-state index contributed by atoms with van der Waals surface area (Å²) in [7, 11) is 0. The van der Waals surface area contributed by atoms with Gasteiger partial charge in [-0.25, -0.2) is 0 Å². The van der Waals surface area contributed by atoms with Gasteiger partial charge in [-0.1, -0.05) is 18.1 Å². The molecule has 1 nitrogen and oxygen atoms in total. The summed E-state index contributed by atoms with van der Waals surface area (Å²) in [6.45, 7) is 1.73.